The van der Waals surface area contributed by atoms with Crippen molar-refractivity contribution in [2.45, 2.75) is 6.04 Å². The summed E-state index contributed by atoms with van der Waals surface area (Å²) < 4.78 is 2.48. The monoisotopic (exact) mass is 442 g/mol. The number of benzene rings is 2. The number of nitrogens with zero attached hydrogens (tertiary/aromatic N) is 3. The van der Waals surface area contributed by atoms with Gasteiger partial charge < -0.3 is 10.4 Å². The molecule has 2 heterocycles. The van der Waals surface area contributed by atoms with E-state index in [1.807, 2.05) is 60.7 Å². The van der Waals surface area contributed by atoms with Gasteiger partial charge in [-0.15, -0.1) is 0 Å². The Kier molecular flexibility index (Phi) is 5.11. The number of nitrogens with one attached hydrogen (secondary N) is 1. The SMILES string of the molecule is OC[C@@H](Nc1cc(-c2ccccc2Cl)nc2c(Br)cnn12)c1ccccc1. The normalized spacial score (nSPS) is 12.3. The van der Waals surface area contributed by atoms with Crippen LogP contribution in [-0.4, -0.2) is 26.3 Å². The third-order valence-electron chi connectivity index (χ3n) is 4.29. The second kappa shape index (κ2) is 7.68. The second-order valence-electron chi connectivity index (χ2n) is 6.02. The highest BCUT2D eigenvalue weighted by atomic mass is 79.9. The van der Waals surface area contributed by atoms with Crippen molar-refractivity contribution in [3.63, 3.8) is 0 Å². The van der Waals surface area contributed by atoms with Crippen LogP contribution in [0.1, 0.15) is 11.6 Å². The maximum Gasteiger partial charge on any atom is 0.172 e. The molecule has 5 nitrogen and oxygen atoms in total. The van der Waals surface area contributed by atoms with E-state index in [0.717, 1.165) is 21.3 Å². The molecule has 0 saturated heterocycles. The summed E-state index contributed by atoms with van der Waals surface area (Å²) in [5, 5.41) is 18.3. The summed E-state index contributed by atoms with van der Waals surface area (Å²) in [6, 6.07) is 19.0. The summed E-state index contributed by atoms with van der Waals surface area (Å²) in [6.45, 7) is -0.0578. The summed E-state index contributed by atoms with van der Waals surface area (Å²) in [5.74, 6) is 0.712. The fourth-order valence-corrected chi connectivity index (χ4v) is 3.52. The third-order valence-corrected chi connectivity index (χ3v) is 5.17. The highest BCUT2D eigenvalue weighted by Gasteiger charge is 2.16. The third kappa shape index (κ3) is 3.56. The van der Waals surface area contributed by atoms with Crippen molar-refractivity contribution >= 4 is 39.0 Å². The van der Waals surface area contributed by atoms with Gasteiger partial charge in [-0.05, 0) is 27.6 Å². The molecule has 0 aliphatic heterocycles. The first-order chi connectivity index (χ1) is 13.2. The molecule has 27 heavy (non-hydrogen) atoms. The van der Waals surface area contributed by atoms with Crippen molar-refractivity contribution in [3.8, 4) is 11.3 Å². The number of halogens is 2. The zero-order valence-corrected chi connectivity index (χ0v) is 16.5. The van der Waals surface area contributed by atoms with Crippen molar-refractivity contribution < 1.29 is 5.11 Å². The van der Waals surface area contributed by atoms with Gasteiger partial charge in [-0.3, -0.25) is 0 Å². The molecule has 0 unspecified atom stereocenters. The van der Waals surface area contributed by atoms with E-state index in [0.29, 0.717) is 16.5 Å². The van der Waals surface area contributed by atoms with Crippen LogP contribution in [0.4, 0.5) is 5.82 Å². The molecular weight excluding hydrogens is 428 g/mol. The van der Waals surface area contributed by atoms with Crippen LogP contribution in [0, 0.1) is 0 Å². The van der Waals surface area contributed by atoms with Crippen molar-refractivity contribution in [2.24, 2.45) is 0 Å². The van der Waals surface area contributed by atoms with E-state index < -0.39 is 0 Å². The summed E-state index contributed by atoms with van der Waals surface area (Å²) >= 11 is 9.87. The van der Waals surface area contributed by atoms with E-state index in [4.69, 9.17) is 16.6 Å². The largest absolute Gasteiger partial charge is 0.394 e. The van der Waals surface area contributed by atoms with Gasteiger partial charge in [0, 0.05) is 16.7 Å². The predicted molar refractivity (Wildman–Crippen MR) is 111 cm³/mol. The molecule has 1 atom stereocenters. The van der Waals surface area contributed by atoms with Gasteiger partial charge in [-0.1, -0.05) is 60.1 Å². The maximum atomic E-state index is 9.91. The van der Waals surface area contributed by atoms with Gasteiger partial charge in [0.1, 0.15) is 5.82 Å². The molecule has 0 aliphatic carbocycles. The Morgan fingerprint density at radius 3 is 2.59 bits per heavy atom. The van der Waals surface area contributed by atoms with Gasteiger partial charge in [0.25, 0.3) is 0 Å². The standard InChI is InChI=1S/C20H16BrClN4O/c21-15-11-23-26-19(24-18(12-27)13-6-2-1-3-7-13)10-17(25-20(15)26)14-8-4-5-9-16(14)22/h1-11,18,24,27H,12H2/t18-/m1/s1. The molecule has 0 saturated carbocycles. The van der Waals surface area contributed by atoms with Crippen LogP contribution in [-0.2, 0) is 0 Å². The molecular formula is C20H16BrClN4O. The van der Waals surface area contributed by atoms with Crippen LogP contribution in [0.25, 0.3) is 16.9 Å². The van der Waals surface area contributed by atoms with Crippen molar-refractivity contribution in [1.29, 1.82) is 0 Å². The highest BCUT2D eigenvalue weighted by Crippen LogP contribution is 2.31. The molecule has 2 aromatic carbocycles. The van der Waals surface area contributed by atoms with Crippen LogP contribution in [0.2, 0.25) is 5.02 Å². The Hall–Kier alpha value is -2.41. The first kappa shape index (κ1) is 18.0. The van der Waals surface area contributed by atoms with Crippen LogP contribution in [0.15, 0.2) is 71.3 Å². The van der Waals surface area contributed by atoms with E-state index in [1.54, 1.807) is 10.7 Å². The Balaban J connectivity index is 1.83. The molecule has 0 radical (unpaired) electrons. The molecule has 0 amide bonds. The molecule has 2 N–H and O–H groups in total. The number of rotatable bonds is 5. The lowest BCUT2D eigenvalue weighted by molar-refractivity contribution is 0.276. The average Bonchev–Trinajstić information content (AvgIpc) is 3.08. The molecule has 136 valence electrons. The van der Waals surface area contributed by atoms with Gasteiger partial charge in [0.15, 0.2) is 5.65 Å². The molecule has 0 fully saturated rings. The maximum absolute atomic E-state index is 9.91. The molecule has 0 aliphatic rings. The summed E-state index contributed by atoms with van der Waals surface area (Å²) in [4.78, 5) is 4.70. The zero-order chi connectivity index (χ0) is 18.8. The number of aromatic nitrogens is 3. The van der Waals surface area contributed by atoms with Gasteiger partial charge in [-0.25, -0.2) is 4.98 Å². The van der Waals surface area contributed by atoms with E-state index in [9.17, 15) is 5.11 Å². The van der Waals surface area contributed by atoms with E-state index >= 15 is 0 Å². The number of aliphatic hydroxyl groups excluding tert-OH is 1. The van der Waals surface area contributed by atoms with Crippen LogP contribution >= 0.6 is 27.5 Å². The molecule has 7 heteroatoms. The van der Waals surface area contributed by atoms with Gasteiger partial charge >= 0.3 is 0 Å². The average molecular weight is 444 g/mol. The fourth-order valence-electron chi connectivity index (χ4n) is 2.94. The highest BCUT2D eigenvalue weighted by molar-refractivity contribution is 9.10. The van der Waals surface area contributed by atoms with Crippen molar-refractivity contribution in [3.05, 3.63) is 81.9 Å². The Morgan fingerprint density at radius 2 is 1.85 bits per heavy atom. The minimum absolute atomic E-state index is 0.0578. The minimum atomic E-state index is -0.279. The lowest BCUT2D eigenvalue weighted by atomic mass is 10.1. The Morgan fingerprint density at radius 1 is 1.11 bits per heavy atom. The molecule has 4 rings (SSSR count). The van der Waals surface area contributed by atoms with E-state index in [-0.39, 0.29) is 12.6 Å². The summed E-state index contributed by atoms with van der Waals surface area (Å²) in [7, 11) is 0. The number of hydrogen-bond donors (Lipinski definition) is 2. The van der Waals surface area contributed by atoms with Gasteiger partial charge in [0.2, 0.25) is 0 Å². The fraction of sp³-hybridized carbons (Fsp3) is 0.100. The molecule has 2 aromatic heterocycles. The summed E-state index contributed by atoms with van der Waals surface area (Å²) in [5.41, 5.74) is 3.20. The Bertz CT molecular complexity index is 1080. The Labute approximate surface area is 169 Å². The van der Waals surface area contributed by atoms with Crippen molar-refractivity contribution in [1.82, 2.24) is 14.6 Å². The second-order valence-corrected chi connectivity index (χ2v) is 7.29. The molecule has 0 spiro atoms. The van der Waals surface area contributed by atoms with Gasteiger partial charge in [-0.2, -0.15) is 9.61 Å². The first-order valence-corrected chi connectivity index (χ1v) is 9.56. The van der Waals surface area contributed by atoms with Crippen molar-refractivity contribution in [2.75, 3.05) is 11.9 Å². The molecule has 0 bridgehead atoms. The quantitative estimate of drug-likeness (QED) is 0.458. The number of fused-ring (bicyclic) bond motifs is 1. The topological polar surface area (TPSA) is 62.5 Å². The minimum Gasteiger partial charge on any atom is -0.394 e. The number of hydrogen-bond acceptors (Lipinski definition) is 4. The van der Waals surface area contributed by atoms with Crippen LogP contribution in [0.3, 0.4) is 0 Å². The van der Waals surface area contributed by atoms with Crippen LogP contribution < -0.4 is 5.32 Å². The summed E-state index contributed by atoms with van der Waals surface area (Å²) in [6.07, 6.45) is 1.69. The molecule has 4 aromatic rings. The van der Waals surface area contributed by atoms with E-state index in [1.165, 1.54) is 0 Å². The zero-order valence-electron chi connectivity index (χ0n) is 14.2. The predicted octanol–water partition coefficient (Wildman–Crippen LogP) is 4.96. The number of aliphatic hydroxyl groups is 1. The lowest BCUT2D eigenvalue weighted by Gasteiger charge is -2.19. The van der Waals surface area contributed by atoms with E-state index in [2.05, 4.69) is 26.3 Å². The number of anilines is 1. The first-order valence-electron chi connectivity index (χ1n) is 8.39. The van der Waals surface area contributed by atoms with Gasteiger partial charge in [0.05, 0.1) is 29.0 Å². The van der Waals surface area contributed by atoms with Crippen LogP contribution in [0.5, 0.6) is 0 Å². The lowest BCUT2D eigenvalue weighted by Crippen LogP contribution is -2.17. The smallest absolute Gasteiger partial charge is 0.172 e.